The second-order valence-corrected chi connectivity index (χ2v) is 6.00. The van der Waals surface area contributed by atoms with Gasteiger partial charge in [0.2, 0.25) is 0 Å². The van der Waals surface area contributed by atoms with Gasteiger partial charge in [-0.3, -0.25) is 9.89 Å². The molecule has 2 aromatic carbocycles. The summed E-state index contributed by atoms with van der Waals surface area (Å²) in [7, 11) is 0. The number of amides is 1. The van der Waals surface area contributed by atoms with E-state index in [0.717, 1.165) is 22.4 Å². The number of nitrogens with one attached hydrogen (secondary N) is 2. The number of aliphatic hydroxyl groups is 1. The fourth-order valence-corrected chi connectivity index (χ4v) is 2.71. The molecule has 1 aromatic heterocycles. The Morgan fingerprint density at radius 2 is 1.84 bits per heavy atom. The first-order chi connectivity index (χ1) is 12.2. The number of hydrogen-bond donors (Lipinski definition) is 3. The molecule has 1 atom stereocenters. The van der Waals surface area contributed by atoms with Crippen molar-refractivity contribution in [1.82, 2.24) is 15.5 Å². The van der Waals surface area contributed by atoms with Crippen LogP contribution in [0.3, 0.4) is 0 Å². The van der Waals surface area contributed by atoms with Crippen molar-refractivity contribution in [2.75, 3.05) is 6.61 Å². The molecule has 25 heavy (non-hydrogen) atoms. The van der Waals surface area contributed by atoms with Gasteiger partial charge in [-0.25, -0.2) is 0 Å². The monoisotopic (exact) mass is 335 g/mol. The predicted molar refractivity (Wildman–Crippen MR) is 97.1 cm³/mol. The zero-order valence-corrected chi connectivity index (χ0v) is 14.1. The molecule has 0 aliphatic heterocycles. The van der Waals surface area contributed by atoms with Crippen LogP contribution in [0, 0.1) is 6.92 Å². The fraction of sp³-hybridized carbons (Fsp3) is 0.200. The number of aryl methyl sites for hydroxylation is 1. The Bertz CT molecular complexity index is 809. The molecule has 128 valence electrons. The molecule has 0 spiro atoms. The van der Waals surface area contributed by atoms with Gasteiger partial charge >= 0.3 is 0 Å². The molecule has 1 amide bonds. The van der Waals surface area contributed by atoms with E-state index >= 15 is 0 Å². The van der Waals surface area contributed by atoms with Gasteiger partial charge in [-0.2, -0.15) is 5.10 Å². The number of benzene rings is 2. The number of rotatable bonds is 6. The number of aromatic amines is 1. The minimum Gasteiger partial charge on any atom is -0.396 e. The van der Waals surface area contributed by atoms with E-state index in [0.29, 0.717) is 12.0 Å². The summed E-state index contributed by atoms with van der Waals surface area (Å²) in [6, 6.07) is 17.0. The molecule has 3 aromatic rings. The molecule has 0 saturated heterocycles. The SMILES string of the molecule is Cc1ccc([C@@H](CCO)NC(=O)c2ccc(-c3ccn[nH]3)cc2)cc1. The van der Waals surface area contributed by atoms with E-state index in [2.05, 4.69) is 15.5 Å². The number of H-pyrrole nitrogens is 1. The molecule has 5 nitrogen and oxygen atoms in total. The van der Waals surface area contributed by atoms with E-state index in [1.54, 1.807) is 18.3 Å². The molecular weight excluding hydrogens is 314 g/mol. The number of aromatic nitrogens is 2. The van der Waals surface area contributed by atoms with Gasteiger partial charge in [0, 0.05) is 18.4 Å². The van der Waals surface area contributed by atoms with Crippen LogP contribution in [0.5, 0.6) is 0 Å². The summed E-state index contributed by atoms with van der Waals surface area (Å²) in [5.41, 5.74) is 4.61. The van der Waals surface area contributed by atoms with Crippen molar-refractivity contribution < 1.29 is 9.90 Å². The molecule has 0 radical (unpaired) electrons. The maximum atomic E-state index is 12.6. The molecule has 0 saturated carbocycles. The summed E-state index contributed by atoms with van der Waals surface area (Å²) in [6.07, 6.45) is 2.16. The van der Waals surface area contributed by atoms with Gasteiger partial charge < -0.3 is 10.4 Å². The molecule has 0 aliphatic carbocycles. The molecule has 3 rings (SSSR count). The molecule has 3 N–H and O–H groups in total. The zero-order chi connectivity index (χ0) is 17.6. The lowest BCUT2D eigenvalue weighted by molar-refractivity contribution is 0.0930. The molecular formula is C20H21N3O2. The van der Waals surface area contributed by atoms with Gasteiger partial charge in [0.25, 0.3) is 5.91 Å². The minimum absolute atomic E-state index is 0.0115. The Hall–Kier alpha value is -2.92. The van der Waals surface area contributed by atoms with Crippen molar-refractivity contribution in [3.8, 4) is 11.3 Å². The van der Waals surface area contributed by atoms with Crippen molar-refractivity contribution in [1.29, 1.82) is 0 Å². The van der Waals surface area contributed by atoms with Crippen molar-refractivity contribution in [2.24, 2.45) is 0 Å². The van der Waals surface area contributed by atoms with Gasteiger partial charge in [0.05, 0.1) is 11.7 Å². The third-order valence-electron chi connectivity index (χ3n) is 4.16. The predicted octanol–water partition coefficient (Wildman–Crippen LogP) is 3.24. The number of carbonyl (C=O) groups excluding carboxylic acids is 1. The quantitative estimate of drug-likeness (QED) is 0.647. The van der Waals surface area contributed by atoms with Crippen LogP contribution in [0.1, 0.15) is 33.9 Å². The van der Waals surface area contributed by atoms with Crippen LogP contribution < -0.4 is 5.32 Å². The van der Waals surface area contributed by atoms with Crippen molar-refractivity contribution in [3.63, 3.8) is 0 Å². The minimum atomic E-state index is -0.217. The highest BCUT2D eigenvalue weighted by atomic mass is 16.3. The number of hydrogen-bond acceptors (Lipinski definition) is 3. The first-order valence-electron chi connectivity index (χ1n) is 8.25. The van der Waals surface area contributed by atoms with Gasteiger partial charge in [0.15, 0.2) is 0 Å². The molecule has 0 aliphatic rings. The molecule has 5 heteroatoms. The normalized spacial score (nSPS) is 11.9. The summed E-state index contributed by atoms with van der Waals surface area (Å²) >= 11 is 0. The lowest BCUT2D eigenvalue weighted by atomic mass is 10.0. The van der Waals surface area contributed by atoms with E-state index in [9.17, 15) is 9.90 Å². The van der Waals surface area contributed by atoms with E-state index in [-0.39, 0.29) is 18.6 Å². The van der Waals surface area contributed by atoms with Crippen LogP contribution in [0.25, 0.3) is 11.3 Å². The van der Waals surface area contributed by atoms with E-state index in [1.807, 2.05) is 49.4 Å². The smallest absolute Gasteiger partial charge is 0.251 e. The third kappa shape index (κ3) is 4.14. The Morgan fingerprint density at radius 3 is 2.44 bits per heavy atom. The summed E-state index contributed by atoms with van der Waals surface area (Å²) in [6.45, 7) is 2.03. The molecule has 0 bridgehead atoms. The summed E-state index contributed by atoms with van der Waals surface area (Å²) in [5.74, 6) is -0.157. The van der Waals surface area contributed by atoms with Gasteiger partial charge in [-0.1, -0.05) is 42.0 Å². The van der Waals surface area contributed by atoms with Crippen molar-refractivity contribution >= 4 is 5.91 Å². The lowest BCUT2D eigenvalue weighted by Gasteiger charge is -2.18. The zero-order valence-electron chi connectivity index (χ0n) is 14.1. The van der Waals surface area contributed by atoms with E-state index < -0.39 is 0 Å². The molecule has 0 unspecified atom stereocenters. The number of carbonyl (C=O) groups is 1. The Labute approximate surface area is 146 Å². The topological polar surface area (TPSA) is 78.0 Å². The summed E-state index contributed by atoms with van der Waals surface area (Å²) in [4.78, 5) is 12.6. The van der Waals surface area contributed by atoms with Gasteiger partial charge in [-0.15, -0.1) is 0 Å². The van der Waals surface area contributed by atoms with Crippen molar-refractivity contribution in [3.05, 3.63) is 77.5 Å². The maximum Gasteiger partial charge on any atom is 0.251 e. The van der Waals surface area contributed by atoms with Crippen LogP contribution in [0.4, 0.5) is 0 Å². The summed E-state index contributed by atoms with van der Waals surface area (Å²) in [5, 5.41) is 19.1. The standard InChI is InChI=1S/C20H21N3O2/c1-14-2-4-15(5-3-14)18(11-13-24)22-20(25)17-8-6-16(7-9-17)19-10-12-21-23-19/h2-10,12,18,24H,11,13H2,1H3,(H,21,23)(H,22,25)/t18-/m1/s1. The Kier molecular flexibility index (Phi) is 5.26. The highest BCUT2D eigenvalue weighted by Gasteiger charge is 2.15. The average Bonchev–Trinajstić information content (AvgIpc) is 3.17. The van der Waals surface area contributed by atoms with Crippen molar-refractivity contribution in [2.45, 2.75) is 19.4 Å². The summed E-state index contributed by atoms with van der Waals surface area (Å²) < 4.78 is 0. The van der Waals surface area contributed by atoms with E-state index in [4.69, 9.17) is 0 Å². The van der Waals surface area contributed by atoms with Crippen LogP contribution in [-0.2, 0) is 0 Å². The first kappa shape index (κ1) is 16.9. The second kappa shape index (κ2) is 7.77. The number of nitrogens with zero attached hydrogens (tertiary/aromatic N) is 1. The second-order valence-electron chi connectivity index (χ2n) is 6.00. The Morgan fingerprint density at radius 1 is 1.12 bits per heavy atom. The van der Waals surface area contributed by atoms with Crippen LogP contribution in [0.15, 0.2) is 60.8 Å². The maximum absolute atomic E-state index is 12.6. The van der Waals surface area contributed by atoms with E-state index in [1.165, 1.54) is 0 Å². The first-order valence-corrected chi connectivity index (χ1v) is 8.25. The largest absolute Gasteiger partial charge is 0.396 e. The highest BCUT2D eigenvalue weighted by molar-refractivity contribution is 5.94. The van der Waals surface area contributed by atoms with Gasteiger partial charge in [0.1, 0.15) is 0 Å². The van der Waals surface area contributed by atoms with Crippen LogP contribution in [-0.4, -0.2) is 27.8 Å². The third-order valence-corrected chi connectivity index (χ3v) is 4.16. The highest BCUT2D eigenvalue weighted by Crippen LogP contribution is 2.20. The number of aliphatic hydroxyl groups excluding tert-OH is 1. The Balaban J connectivity index is 1.73. The van der Waals surface area contributed by atoms with Gasteiger partial charge in [-0.05, 0) is 42.7 Å². The molecule has 0 fully saturated rings. The lowest BCUT2D eigenvalue weighted by Crippen LogP contribution is -2.29. The fourth-order valence-electron chi connectivity index (χ4n) is 2.71. The molecule has 1 heterocycles. The van der Waals surface area contributed by atoms with Crippen LogP contribution >= 0.6 is 0 Å². The van der Waals surface area contributed by atoms with Crippen LogP contribution in [0.2, 0.25) is 0 Å². The average molecular weight is 335 g/mol.